The first kappa shape index (κ1) is 11.9. The highest BCUT2D eigenvalue weighted by molar-refractivity contribution is 5.59. The minimum atomic E-state index is 0.169. The maximum absolute atomic E-state index is 9.03. The zero-order valence-electron chi connectivity index (χ0n) is 9.70. The van der Waals surface area contributed by atoms with E-state index in [9.17, 15) is 0 Å². The van der Waals surface area contributed by atoms with Crippen molar-refractivity contribution < 1.29 is 5.11 Å². The average Bonchev–Trinajstić information content (AvgIpc) is 2.15. The standard InChI is InChI=1S/C12H20N2O/c1-9(2)14(6-7-15)12-5-4-11(13)8-10(12)3/h4-5,8-9,15H,6-7,13H2,1-3H3. The molecule has 1 rings (SSSR count). The van der Waals surface area contributed by atoms with Gasteiger partial charge in [0, 0.05) is 24.0 Å². The summed E-state index contributed by atoms with van der Waals surface area (Å²) in [4.78, 5) is 2.18. The fraction of sp³-hybridized carbons (Fsp3) is 0.500. The van der Waals surface area contributed by atoms with Gasteiger partial charge in [0.25, 0.3) is 0 Å². The number of nitrogen functional groups attached to an aromatic ring is 1. The summed E-state index contributed by atoms with van der Waals surface area (Å²) in [7, 11) is 0. The van der Waals surface area contributed by atoms with Crippen molar-refractivity contribution in [2.75, 3.05) is 23.8 Å². The Balaban J connectivity index is 3.00. The van der Waals surface area contributed by atoms with Gasteiger partial charge in [0.1, 0.15) is 0 Å². The number of rotatable bonds is 4. The fourth-order valence-electron chi connectivity index (χ4n) is 1.77. The van der Waals surface area contributed by atoms with Crippen LogP contribution in [0.15, 0.2) is 18.2 Å². The molecule has 3 heteroatoms. The van der Waals surface area contributed by atoms with E-state index in [0.29, 0.717) is 12.6 Å². The van der Waals surface area contributed by atoms with E-state index in [1.54, 1.807) is 0 Å². The minimum absolute atomic E-state index is 0.169. The molecule has 0 amide bonds. The molecule has 1 aromatic carbocycles. The van der Waals surface area contributed by atoms with E-state index in [2.05, 4.69) is 18.7 Å². The second-order valence-corrected chi connectivity index (χ2v) is 4.06. The van der Waals surface area contributed by atoms with Crippen LogP contribution in [0.4, 0.5) is 11.4 Å². The summed E-state index contributed by atoms with van der Waals surface area (Å²) in [6.45, 7) is 7.10. The quantitative estimate of drug-likeness (QED) is 0.742. The maximum Gasteiger partial charge on any atom is 0.0606 e. The lowest BCUT2D eigenvalue weighted by molar-refractivity contribution is 0.299. The summed E-state index contributed by atoms with van der Waals surface area (Å²) in [6.07, 6.45) is 0. The molecule has 0 unspecified atom stereocenters. The smallest absolute Gasteiger partial charge is 0.0606 e. The Morgan fingerprint density at radius 1 is 1.40 bits per heavy atom. The predicted octanol–water partition coefficient (Wildman–Crippen LogP) is 1.78. The van der Waals surface area contributed by atoms with Gasteiger partial charge >= 0.3 is 0 Å². The summed E-state index contributed by atoms with van der Waals surface area (Å²) in [6, 6.07) is 6.25. The molecule has 0 atom stereocenters. The van der Waals surface area contributed by atoms with Crippen LogP contribution in [-0.2, 0) is 0 Å². The third-order valence-corrected chi connectivity index (χ3v) is 2.49. The molecular weight excluding hydrogens is 188 g/mol. The largest absolute Gasteiger partial charge is 0.399 e. The molecule has 15 heavy (non-hydrogen) atoms. The van der Waals surface area contributed by atoms with E-state index in [-0.39, 0.29) is 6.61 Å². The monoisotopic (exact) mass is 208 g/mol. The summed E-state index contributed by atoms with van der Waals surface area (Å²) in [5.41, 5.74) is 8.79. The highest BCUT2D eigenvalue weighted by atomic mass is 16.3. The van der Waals surface area contributed by atoms with E-state index in [1.165, 1.54) is 0 Å². The number of benzene rings is 1. The molecule has 0 heterocycles. The molecule has 1 aromatic rings. The molecule has 0 radical (unpaired) electrons. The summed E-state index contributed by atoms with van der Waals surface area (Å²) in [5.74, 6) is 0. The topological polar surface area (TPSA) is 49.5 Å². The normalized spacial score (nSPS) is 10.7. The first-order chi connectivity index (χ1) is 7.06. The van der Waals surface area contributed by atoms with Crippen LogP contribution >= 0.6 is 0 Å². The Labute approximate surface area is 91.5 Å². The highest BCUT2D eigenvalue weighted by Gasteiger charge is 2.11. The van der Waals surface area contributed by atoms with E-state index < -0.39 is 0 Å². The average molecular weight is 208 g/mol. The van der Waals surface area contributed by atoms with Gasteiger partial charge in [-0.2, -0.15) is 0 Å². The molecule has 0 bridgehead atoms. The van der Waals surface area contributed by atoms with Crippen molar-refractivity contribution in [2.24, 2.45) is 0 Å². The number of hydrogen-bond acceptors (Lipinski definition) is 3. The fourth-order valence-corrected chi connectivity index (χ4v) is 1.77. The van der Waals surface area contributed by atoms with E-state index in [0.717, 1.165) is 16.9 Å². The molecule has 84 valence electrons. The van der Waals surface area contributed by atoms with Crippen molar-refractivity contribution in [3.63, 3.8) is 0 Å². The molecule has 0 fully saturated rings. The summed E-state index contributed by atoms with van der Waals surface area (Å²) < 4.78 is 0. The summed E-state index contributed by atoms with van der Waals surface area (Å²) in [5, 5.41) is 9.03. The van der Waals surface area contributed by atoms with Gasteiger partial charge in [0.2, 0.25) is 0 Å². The maximum atomic E-state index is 9.03. The van der Waals surface area contributed by atoms with Gasteiger partial charge in [-0.3, -0.25) is 0 Å². The van der Waals surface area contributed by atoms with Crippen molar-refractivity contribution in [3.05, 3.63) is 23.8 Å². The first-order valence-corrected chi connectivity index (χ1v) is 5.30. The lowest BCUT2D eigenvalue weighted by Gasteiger charge is -2.29. The SMILES string of the molecule is Cc1cc(N)ccc1N(CCO)C(C)C. The van der Waals surface area contributed by atoms with Crippen LogP contribution in [0, 0.1) is 6.92 Å². The van der Waals surface area contributed by atoms with Gasteiger partial charge < -0.3 is 15.7 Å². The number of aliphatic hydroxyl groups is 1. The molecular formula is C12H20N2O. The van der Waals surface area contributed by atoms with Crippen LogP contribution in [0.2, 0.25) is 0 Å². The van der Waals surface area contributed by atoms with Crippen molar-refractivity contribution >= 4 is 11.4 Å². The Kier molecular flexibility index (Phi) is 3.97. The number of nitrogens with zero attached hydrogens (tertiary/aromatic N) is 1. The molecule has 3 nitrogen and oxygen atoms in total. The van der Waals surface area contributed by atoms with E-state index in [1.807, 2.05) is 25.1 Å². The van der Waals surface area contributed by atoms with Crippen molar-refractivity contribution in [1.29, 1.82) is 0 Å². The number of nitrogens with two attached hydrogens (primary N) is 1. The number of hydrogen-bond donors (Lipinski definition) is 2. The second kappa shape index (κ2) is 5.03. The number of anilines is 2. The number of aliphatic hydroxyl groups excluding tert-OH is 1. The van der Waals surface area contributed by atoms with Gasteiger partial charge in [-0.15, -0.1) is 0 Å². The molecule has 0 aliphatic heterocycles. The van der Waals surface area contributed by atoms with E-state index in [4.69, 9.17) is 10.8 Å². The van der Waals surface area contributed by atoms with Crippen LogP contribution in [0.3, 0.4) is 0 Å². The van der Waals surface area contributed by atoms with Crippen LogP contribution in [-0.4, -0.2) is 24.3 Å². The van der Waals surface area contributed by atoms with Crippen molar-refractivity contribution in [2.45, 2.75) is 26.8 Å². The Bertz CT molecular complexity index is 323. The molecule has 0 aliphatic rings. The lowest BCUT2D eigenvalue weighted by Crippen LogP contribution is -2.33. The van der Waals surface area contributed by atoms with Gasteiger partial charge in [-0.05, 0) is 44.5 Å². The van der Waals surface area contributed by atoms with Crippen LogP contribution < -0.4 is 10.6 Å². The molecule has 0 aliphatic carbocycles. The van der Waals surface area contributed by atoms with Gasteiger partial charge in [-0.1, -0.05) is 0 Å². The van der Waals surface area contributed by atoms with Gasteiger partial charge in [0.05, 0.1) is 6.61 Å². The van der Waals surface area contributed by atoms with Gasteiger partial charge in [-0.25, -0.2) is 0 Å². The molecule has 0 saturated carbocycles. The van der Waals surface area contributed by atoms with Crippen LogP contribution in [0.5, 0.6) is 0 Å². The zero-order valence-corrected chi connectivity index (χ0v) is 9.70. The highest BCUT2D eigenvalue weighted by Crippen LogP contribution is 2.23. The molecule has 0 aromatic heterocycles. The first-order valence-electron chi connectivity index (χ1n) is 5.30. The Morgan fingerprint density at radius 2 is 2.07 bits per heavy atom. The molecule has 0 spiro atoms. The van der Waals surface area contributed by atoms with Crippen molar-refractivity contribution in [1.82, 2.24) is 0 Å². The predicted molar refractivity (Wildman–Crippen MR) is 65.2 cm³/mol. The zero-order chi connectivity index (χ0) is 11.4. The number of aryl methyl sites for hydroxylation is 1. The van der Waals surface area contributed by atoms with E-state index >= 15 is 0 Å². The van der Waals surface area contributed by atoms with Crippen LogP contribution in [0.1, 0.15) is 19.4 Å². The second-order valence-electron chi connectivity index (χ2n) is 4.06. The van der Waals surface area contributed by atoms with Gasteiger partial charge in [0.15, 0.2) is 0 Å². The Hall–Kier alpha value is -1.22. The lowest BCUT2D eigenvalue weighted by atomic mass is 10.1. The Morgan fingerprint density at radius 3 is 2.53 bits per heavy atom. The van der Waals surface area contributed by atoms with Crippen molar-refractivity contribution in [3.8, 4) is 0 Å². The summed E-state index contributed by atoms with van der Waals surface area (Å²) >= 11 is 0. The third-order valence-electron chi connectivity index (χ3n) is 2.49. The minimum Gasteiger partial charge on any atom is -0.399 e. The van der Waals surface area contributed by atoms with Crippen LogP contribution in [0.25, 0.3) is 0 Å². The third kappa shape index (κ3) is 2.86. The molecule has 3 N–H and O–H groups in total. The molecule has 0 saturated heterocycles.